The minimum absolute atomic E-state index is 0.690. The first-order valence-electron chi connectivity index (χ1n) is 6.68. The van der Waals surface area contributed by atoms with Gasteiger partial charge in [0.15, 0.2) is 10.1 Å². The summed E-state index contributed by atoms with van der Waals surface area (Å²) in [6, 6.07) is 9.58. The number of fused-ring (bicyclic) bond motifs is 1. The Labute approximate surface area is 131 Å². The fourth-order valence-electron chi connectivity index (χ4n) is 1.82. The first kappa shape index (κ1) is 14.2. The van der Waals surface area contributed by atoms with Crippen molar-refractivity contribution in [3.63, 3.8) is 0 Å². The molecule has 108 valence electrons. The van der Waals surface area contributed by atoms with Crippen LogP contribution in [0.15, 0.2) is 45.9 Å². The Bertz CT molecular complexity index is 758. The minimum Gasteiger partial charge on any atom is -0.491 e. The highest BCUT2D eigenvalue weighted by atomic mass is 32.2. The molecule has 4 nitrogen and oxygen atoms in total. The van der Waals surface area contributed by atoms with Gasteiger partial charge in [0.1, 0.15) is 5.03 Å². The van der Waals surface area contributed by atoms with Gasteiger partial charge in [0.25, 0.3) is 0 Å². The summed E-state index contributed by atoms with van der Waals surface area (Å²) >= 11 is 3.14. The van der Waals surface area contributed by atoms with E-state index in [0.29, 0.717) is 6.61 Å². The van der Waals surface area contributed by atoms with E-state index in [9.17, 15) is 0 Å². The monoisotopic (exact) mass is 317 g/mol. The molecule has 0 spiro atoms. The third kappa shape index (κ3) is 3.28. The first-order valence-corrected chi connectivity index (χ1v) is 8.31. The van der Waals surface area contributed by atoms with Gasteiger partial charge in [-0.1, -0.05) is 6.92 Å². The maximum Gasteiger partial charge on any atom is 0.157 e. The SMILES string of the molecule is CCCOc1cccnc1Sc1nc2ccc(N)cc2s1. The highest BCUT2D eigenvalue weighted by Crippen LogP contribution is 2.37. The number of ether oxygens (including phenoxy) is 1. The molecule has 21 heavy (non-hydrogen) atoms. The highest BCUT2D eigenvalue weighted by Gasteiger charge is 2.11. The van der Waals surface area contributed by atoms with E-state index >= 15 is 0 Å². The molecule has 3 rings (SSSR count). The van der Waals surface area contributed by atoms with E-state index in [1.807, 2.05) is 30.3 Å². The second kappa shape index (κ2) is 6.32. The van der Waals surface area contributed by atoms with Crippen LogP contribution in [0.1, 0.15) is 13.3 Å². The average molecular weight is 317 g/mol. The predicted molar refractivity (Wildman–Crippen MR) is 88.2 cm³/mol. The third-order valence-electron chi connectivity index (χ3n) is 2.77. The lowest BCUT2D eigenvalue weighted by Gasteiger charge is -2.07. The van der Waals surface area contributed by atoms with Gasteiger partial charge in [-0.3, -0.25) is 0 Å². The van der Waals surface area contributed by atoms with Crippen LogP contribution in [0, 0.1) is 0 Å². The topological polar surface area (TPSA) is 61.0 Å². The van der Waals surface area contributed by atoms with Crippen LogP contribution in [0.4, 0.5) is 5.69 Å². The van der Waals surface area contributed by atoms with E-state index in [4.69, 9.17) is 10.5 Å². The Hall–Kier alpha value is -1.79. The molecule has 0 amide bonds. The summed E-state index contributed by atoms with van der Waals surface area (Å²) in [7, 11) is 0. The van der Waals surface area contributed by atoms with Crippen molar-refractivity contribution in [1.82, 2.24) is 9.97 Å². The van der Waals surface area contributed by atoms with Gasteiger partial charge < -0.3 is 10.5 Å². The number of thiazole rings is 1. The maximum atomic E-state index is 5.80. The van der Waals surface area contributed by atoms with Crippen LogP contribution in [0.2, 0.25) is 0 Å². The molecule has 0 fully saturated rings. The van der Waals surface area contributed by atoms with E-state index in [-0.39, 0.29) is 0 Å². The standard InChI is InChI=1S/C15H15N3OS2/c1-2-8-19-12-4-3-7-17-14(12)21-15-18-11-6-5-10(16)9-13(11)20-15/h3-7,9H,2,8,16H2,1H3. The number of pyridine rings is 1. The van der Waals surface area contributed by atoms with Gasteiger partial charge in [-0.15, -0.1) is 11.3 Å². The number of nitrogens with zero attached hydrogens (tertiary/aromatic N) is 2. The number of benzene rings is 1. The van der Waals surface area contributed by atoms with Crippen LogP contribution in [0.25, 0.3) is 10.2 Å². The second-order valence-electron chi connectivity index (χ2n) is 4.46. The third-order valence-corrected chi connectivity index (χ3v) is 4.85. The number of aromatic nitrogens is 2. The summed E-state index contributed by atoms with van der Waals surface area (Å²) in [5.41, 5.74) is 7.52. The van der Waals surface area contributed by atoms with E-state index in [1.165, 1.54) is 11.8 Å². The molecule has 0 bridgehead atoms. The summed E-state index contributed by atoms with van der Waals surface area (Å²) in [5.74, 6) is 0.808. The Kier molecular flexibility index (Phi) is 4.26. The smallest absolute Gasteiger partial charge is 0.157 e. The molecule has 1 aromatic carbocycles. The molecule has 0 aliphatic heterocycles. The molecule has 2 N–H and O–H groups in total. The van der Waals surface area contributed by atoms with Crippen LogP contribution in [-0.4, -0.2) is 16.6 Å². The van der Waals surface area contributed by atoms with Crippen LogP contribution in [0.5, 0.6) is 5.75 Å². The van der Waals surface area contributed by atoms with Crippen LogP contribution < -0.4 is 10.5 Å². The molecular weight excluding hydrogens is 302 g/mol. The van der Waals surface area contributed by atoms with Crippen molar-refractivity contribution in [2.45, 2.75) is 22.7 Å². The zero-order chi connectivity index (χ0) is 14.7. The number of hydrogen-bond acceptors (Lipinski definition) is 6. The van der Waals surface area contributed by atoms with Crippen LogP contribution >= 0.6 is 23.1 Å². The quantitative estimate of drug-likeness (QED) is 0.714. The van der Waals surface area contributed by atoms with Gasteiger partial charge in [0.2, 0.25) is 0 Å². The van der Waals surface area contributed by atoms with Gasteiger partial charge >= 0.3 is 0 Å². The minimum atomic E-state index is 0.690. The highest BCUT2D eigenvalue weighted by molar-refractivity contribution is 8.01. The zero-order valence-corrected chi connectivity index (χ0v) is 13.2. The number of nitrogen functional groups attached to an aromatic ring is 1. The van der Waals surface area contributed by atoms with Gasteiger partial charge in [-0.05, 0) is 48.5 Å². The summed E-state index contributed by atoms with van der Waals surface area (Å²) in [4.78, 5) is 9.00. The molecule has 0 aliphatic carbocycles. The van der Waals surface area contributed by atoms with E-state index in [1.54, 1.807) is 17.5 Å². The van der Waals surface area contributed by atoms with Crippen LogP contribution in [0.3, 0.4) is 0 Å². The summed E-state index contributed by atoms with van der Waals surface area (Å²) < 4.78 is 7.75. The normalized spacial score (nSPS) is 10.9. The zero-order valence-electron chi connectivity index (χ0n) is 11.6. The molecule has 0 aliphatic rings. The maximum absolute atomic E-state index is 5.80. The Morgan fingerprint density at radius 1 is 1.33 bits per heavy atom. The lowest BCUT2D eigenvalue weighted by Crippen LogP contribution is -1.97. The second-order valence-corrected chi connectivity index (χ2v) is 6.73. The fraction of sp³-hybridized carbons (Fsp3) is 0.200. The van der Waals surface area contributed by atoms with Crippen molar-refractivity contribution in [3.8, 4) is 5.75 Å². The molecule has 0 saturated carbocycles. The van der Waals surface area contributed by atoms with Gasteiger partial charge in [0.05, 0.1) is 16.8 Å². The molecule has 0 atom stereocenters. The predicted octanol–water partition coefficient (Wildman–Crippen LogP) is 4.21. The number of hydrogen-bond donors (Lipinski definition) is 1. The first-order chi connectivity index (χ1) is 10.3. The lowest BCUT2D eigenvalue weighted by atomic mass is 10.3. The molecule has 2 heterocycles. The average Bonchev–Trinajstić information content (AvgIpc) is 2.87. The number of rotatable bonds is 5. The molecule has 2 aromatic heterocycles. The van der Waals surface area contributed by atoms with E-state index < -0.39 is 0 Å². The van der Waals surface area contributed by atoms with Crippen molar-refractivity contribution in [3.05, 3.63) is 36.5 Å². The number of anilines is 1. The molecule has 6 heteroatoms. The molecule has 0 unspecified atom stereocenters. The van der Waals surface area contributed by atoms with Gasteiger partial charge in [-0.25, -0.2) is 9.97 Å². The van der Waals surface area contributed by atoms with Crippen molar-refractivity contribution in [2.75, 3.05) is 12.3 Å². The Morgan fingerprint density at radius 3 is 3.10 bits per heavy atom. The summed E-state index contributed by atoms with van der Waals surface area (Å²) in [5, 5.41) is 0.845. The largest absolute Gasteiger partial charge is 0.491 e. The lowest BCUT2D eigenvalue weighted by molar-refractivity contribution is 0.307. The van der Waals surface area contributed by atoms with E-state index in [0.717, 1.165) is 37.4 Å². The fourth-order valence-corrected chi connectivity index (χ4v) is 3.89. The Balaban J connectivity index is 1.87. The molecular formula is C15H15N3OS2. The van der Waals surface area contributed by atoms with E-state index in [2.05, 4.69) is 16.9 Å². The van der Waals surface area contributed by atoms with Crippen molar-refractivity contribution in [1.29, 1.82) is 0 Å². The molecule has 0 saturated heterocycles. The van der Waals surface area contributed by atoms with Crippen molar-refractivity contribution < 1.29 is 4.74 Å². The summed E-state index contributed by atoms with van der Waals surface area (Å²) in [6.07, 6.45) is 2.74. The van der Waals surface area contributed by atoms with Crippen molar-refractivity contribution >= 4 is 39.0 Å². The Morgan fingerprint density at radius 2 is 2.24 bits per heavy atom. The van der Waals surface area contributed by atoms with Crippen molar-refractivity contribution in [2.24, 2.45) is 0 Å². The molecule has 3 aromatic rings. The molecule has 0 radical (unpaired) electrons. The van der Waals surface area contributed by atoms with Gasteiger partial charge in [0, 0.05) is 11.9 Å². The number of nitrogens with two attached hydrogens (primary N) is 1. The summed E-state index contributed by atoms with van der Waals surface area (Å²) in [6.45, 7) is 2.77. The van der Waals surface area contributed by atoms with Crippen LogP contribution in [-0.2, 0) is 0 Å². The van der Waals surface area contributed by atoms with Gasteiger partial charge in [-0.2, -0.15) is 0 Å².